The molecule has 5 nitrogen and oxygen atoms in total. The van der Waals surface area contributed by atoms with Gasteiger partial charge in [0.1, 0.15) is 15.8 Å². The number of piperidine rings is 1. The van der Waals surface area contributed by atoms with Crippen LogP contribution in [0.1, 0.15) is 52.9 Å². The monoisotopic (exact) mass is 344 g/mol. The van der Waals surface area contributed by atoms with Crippen molar-refractivity contribution in [3.05, 3.63) is 0 Å². The van der Waals surface area contributed by atoms with Gasteiger partial charge >= 0.3 is 6.09 Å². The number of halogens is 1. The second kappa shape index (κ2) is 4.61. The third kappa shape index (κ3) is 2.54. The first kappa shape index (κ1) is 14.2. The van der Waals surface area contributed by atoms with Crippen molar-refractivity contribution in [2.24, 2.45) is 5.16 Å². The maximum atomic E-state index is 12.4. The van der Waals surface area contributed by atoms with Gasteiger partial charge in [0.15, 0.2) is 0 Å². The molecule has 2 fully saturated rings. The molecule has 3 atom stereocenters. The molecule has 0 saturated carbocycles. The lowest BCUT2D eigenvalue weighted by Crippen LogP contribution is -2.54. The zero-order chi connectivity index (χ0) is 14.5. The van der Waals surface area contributed by atoms with E-state index in [1.165, 1.54) is 0 Å². The Labute approximate surface area is 127 Å². The normalized spacial score (nSPS) is 36.0. The van der Waals surface area contributed by atoms with Crippen molar-refractivity contribution in [2.75, 3.05) is 0 Å². The predicted molar refractivity (Wildman–Crippen MR) is 78.9 cm³/mol. The van der Waals surface area contributed by atoms with Crippen LogP contribution in [0.2, 0.25) is 0 Å². The zero-order valence-corrected chi connectivity index (χ0v) is 13.8. The number of rotatable bonds is 0. The fraction of sp³-hybridized carbons (Fsp3) is 0.857. The van der Waals surface area contributed by atoms with Crippen LogP contribution in [0.3, 0.4) is 0 Å². The largest absolute Gasteiger partial charge is 0.444 e. The van der Waals surface area contributed by atoms with Crippen LogP contribution in [-0.4, -0.2) is 38.9 Å². The third-order valence-corrected chi connectivity index (χ3v) is 4.67. The lowest BCUT2D eigenvalue weighted by molar-refractivity contribution is -0.0852. The number of carbonyl (C=O) groups excluding carboxylic acids is 1. The fourth-order valence-electron chi connectivity index (χ4n) is 3.61. The summed E-state index contributed by atoms with van der Waals surface area (Å²) in [5.74, 6) is 0. The van der Waals surface area contributed by atoms with Gasteiger partial charge in [0.2, 0.25) is 0 Å². The van der Waals surface area contributed by atoms with E-state index in [-0.39, 0.29) is 23.8 Å². The number of nitrogens with zero attached hydrogens (tertiary/aromatic N) is 2. The minimum absolute atomic E-state index is 0.183. The van der Waals surface area contributed by atoms with Gasteiger partial charge in [-0.1, -0.05) is 5.16 Å². The Morgan fingerprint density at radius 1 is 1.40 bits per heavy atom. The molecule has 3 aliphatic rings. The van der Waals surface area contributed by atoms with Crippen molar-refractivity contribution in [2.45, 2.75) is 76.2 Å². The molecule has 2 bridgehead atoms. The van der Waals surface area contributed by atoms with Gasteiger partial charge in [-0.2, -0.15) is 0 Å². The zero-order valence-electron chi connectivity index (χ0n) is 12.2. The molecule has 0 unspecified atom stereocenters. The van der Waals surface area contributed by atoms with Crippen molar-refractivity contribution < 1.29 is 14.4 Å². The van der Waals surface area contributed by atoms with Gasteiger partial charge in [-0.25, -0.2) is 4.79 Å². The Morgan fingerprint density at radius 3 is 2.45 bits per heavy atom. The second-order valence-corrected chi connectivity index (χ2v) is 8.01. The highest BCUT2D eigenvalue weighted by Gasteiger charge is 2.54. The third-order valence-electron chi connectivity index (χ3n) is 4.25. The maximum absolute atomic E-state index is 12.4. The molecule has 1 amide bonds. The van der Waals surface area contributed by atoms with Crippen LogP contribution in [0, 0.1) is 0 Å². The summed E-state index contributed by atoms with van der Waals surface area (Å²) >= 11 is 3.41. The molecule has 0 aromatic heterocycles. The number of ether oxygens (including phenoxy) is 1. The first-order chi connectivity index (χ1) is 9.28. The van der Waals surface area contributed by atoms with Gasteiger partial charge < -0.3 is 14.5 Å². The van der Waals surface area contributed by atoms with E-state index >= 15 is 0 Å². The molecule has 6 heteroatoms. The lowest BCUT2D eigenvalue weighted by Gasteiger charge is -2.43. The smallest absolute Gasteiger partial charge is 0.410 e. The quantitative estimate of drug-likeness (QED) is 0.676. The van der Waals surface area contributed by atoms with Crippen molar-refractivity contribution in [1.82, 2.24) is 4.90 Å². The molecule has 0 radical (unpaired) electrons. The molecule has 0 aromatic carbocycles. The van der Waals surface area contributed by atoms with Gasteiger partial charge in [0, 0.05) is 31.3 Å². The Balaban J connectivity index is 1.71. The van der Waals surface area contributed by atoms with Gasteiger partial charge in [-0.15, -0.1) is 0 Å². The second-order valence-electron chi connectivity index (χ2n) is 7.10. The first-order valence-corrected chi connectivity index (χ1v) is 7.99. The fourth-order valence-corrected chi connectivity index (χ4v) is 4.20. The molecule has 0 aromatic rings. The van der Waals surface area contributed by atoms with E-state index in [9.17, 15) is 4.79 Å². The molecule has 20 heavy (non-hydrogen) atoms. The Bertz CT molecular complexity index is 444. The molecule has 3 heterocycles. The Hall–Kier alpha value is -0.780. The summed E-state index contributed by atoms with van der Waals surface area (Å²) in [6.07, 6.45) is 4.40. The molecule has 112 valence electrons. The highest BCUT2D eigenvalue weighted by molar-refractivity contribution is 9.18. The van der Waals surface area contributed by atoms with Crippen molar-refractivity contribution in [3.63, 3.8) is 0 Å². The molecule has 1 spiro atoms. The maximum Gasteiger partial charge on any atom is 0.410 e. The number of amides is 1. The molecular formula is C14H21BrN2O3. The van der Waals surface area contributed by atoms with E-state index in [0.29, 0.717) is 0 Å². The van der Waals surface area contributed by atoms with Crippen LogP contribution >= 0.6 is 15.9 Å². The van der Waals surface area contributed by atoms with Gasteiger partial charge in [-0.3, -0.25) is 0 Å². The average molecular weight is 345 g/mol. The number of fused-ring (bicyclic) bond motifs is 2. The number of hydrogen-bond donors (Lipinski definition) is 0. The van der Waals surface area contributed by atoms with Crippen molar-refractivity contribution >= 4 is 26.6 Å². The van der Waals surface area contributed by atoms with Crippen LogP contribution in [0.4, 0.5) is 4.79 Å². The number of carbonyl (C=O) groups is 1. The minimum atomic E-state index is -0.443. The van der Waals surface area contributed by atoms with Crippen LogP contribution in [0.25, 0.3) is 0 Å². The van der Waals surface area contributed by atoms with E-state index in [4.69, 9.17) is 9.57 Å². The Kier molecular flexibility index (Phi) is 3.27. The summed E-state index contributed by atoms with van der Waals surface area (Å²) in [6, 6.07) is 0.439. The Morgan fingerprint density at radius 2 is 2.00 bits per heavy atom. The SMILES string of the molecule is CC(C)(C)OC(=O)N1[C@@H]2CC[C@H]1C[C@]1(CC(Br)=NO1)C2. The average Bonchev–Trinajstić information content (AvgIpc) is 2.77. The molecule has 3 rings (SSSR count). The molecule has 3 aliphatic heterocycles. The van der Waals surface area contributed by atoms with E-state index in [1.807, 2.05) is 25.7 Å². The van der Waals surface area contributed by atoms with Crippen LogP contribution < -0.4 is 0 Å². The number of hydrogen-bond acceptors (Lipinski definition) is 4. The topological polar surface area (TPSA) is 51.1 Å². The summed E-state index contributed by atoms with van der Waals surface area (Å²) in [5, 5.41) is 4.04. The minimum Gasteiger partial charge on any atom is -0.444 e. The molecule has 0 N–H and O–H groups in total. The summed E-state index contributed by atoms with van der Waals surface area (Å²) < 4.78 is 6.42. The summed E-state index contributed by atoms with van der Waals surface area (Å²) in [7, 11) is 0. The van der Waals surface area contributed by atoms with Gasteiger partial charge in [-0.05, 0) is 49.5 Å². The van der Waals surface area contributed by atoms with Crippen LogP contribution in [-0.2, 0) is 9.57 Å². The highest BCUT2D eigenvalue weighted by Crippen LogP contribution is 2.47. The van der Waals surface area contributed by atoms with Crippen molar-refractivity contribution in [1.29, 1.82) is 0 Å². The van der Waals surface area contributed by atoms with Gasteiger partial charge in [0.25, 0.3) is 0 Å². The first-order valence-electron chi connectivity index (χ1n) is 7.20. The van der Waals surface area contributed by atoms with Gasteiger partial charge in [0.05, 0.1) is 0 Å². The summed E-state index contributed by atoms with van der Waals surface area (Å²) in [5.41, 5.74) is -0.648. The summed E-state index contributed by atoms with van der Waals surface area (Å²) in [4.78, 5) is 20.0. The predicted octanol–water partition coefficient (Wildman–Crippen LogP) is 3.42. The van der Waals surface area contributed by atoms with E-state index < -0.39 is 5.60 Å². The summed E-state index contributed by atoms with van der Waals surface area (Å²) in [6.45, 7) is 5.72. The van der Waals surface area contributed by atoms with Crippen molar-refractivity contribution in [3.8, 4) is 0 Å². The number of oxime groups is 1. The standard InChI is InChI=1S/C14H21BrN2O3/c1-13(2,3)19-12(18)17-9-4-5-10(17)7-14(6-9)8-11(15)16-20-14/h9-10H,4-8H2,1-3H3/t9-,10+,14+. The molecular weight excluding hydrogens is 324 g/mol. The molecule has 0 aliphatic carbocycles. The van der Waals surface area contributed by atoms with Crippen LogP contribution in [0.5, 0.6) is 0 Å². The van der Waals surface area contributed by atoms with E-state index in [2.05, 4.69) is 21.1 Å². The van der Waals surface area contributed by atoms with Crippen LogP contribution in [0.15, 0.2) is 5.16 Å². The molecule has 2 saturated heterocycles. The highest BCUT2D eigenvalue weighted by atomic mass is 79.9. The van der Waals surface area contributed by atoms with E-state index in [1.54, 1.807) is 0 Å². The van der Waals surface area contributed by atoms with E-state index in [0.717, 1.165) is 36.7 Å². The lowest BCUT2D eigenvalue weighted by atomic mass is 9.84.